The minimum atomic E-state index is 0.107. The third-order valence-electron chi connectivity index (χ3n) is 6.68. The highest BCUT2D eigenvalue weighted by atomic mass is 16.5. The molecule has 36 heavy (non-hydrogen) atoms. The van der Waals surface area contributed by atoms with E-state index in [9.17, 15) is 4.79 Å². The lowest BCUT2D eigenvalue weighted by Gasteiger charge is -2.35. The minimum Gasteiger partial charge on any atom is -0.377 e. The van der Waals surface area contributed by atoms with Crippen LogP contribution in [-0.2, 0) is 16.1 Å². The molecule has 5 rings (SSSR count). The second kappa shape index (κ2) is 9.84. The molecule has 3 aromatic rings. The maximum Gasteiger partial charge on any atom is 0.219 e. The Balaban J connectivity index is 1.67. The molecule has 1 amide bonds. The lowest BCUT2D eigenvalue weighted by atomic mass is 10.2. The zero-order valence-corrected chi connectivity index (χ0v) is 21.4. The molecule has 192 valence electrons. The van der Waals surface area contributed by atoms with E-state index in [1.54, 1.807) is 19.3 Å². The minimum absolute atomic E-state index is 0.107. The van der Waals surface area contributed by atoms with Crippen molar-refractivity contribution in [1.29, 1.82) is 0 Å². The van der Waals surface area contributed by atoms with E-state index in [0.29, 0.717) is 50.2 Å². The molecule has 2 fully saturated rings. The van der Waals surface area contributed by atoms with Crippen LogP contribution in [-0.4, -0.2) is 92.3 Å². The van der Waals surface area contributed by atoms with E-state index in [-0.39, 0.29) is 17.9 Å². The summed E-state index contributed by atoms with van der Waals surface area (Å²) in [5.74, 6) is 2.88. The van der Waals surface area contributed by atoms with E-state index in [1.165, 1.54) is 0 Å². The number of anilines is 3. The number of nitrogen functional groups attached to an aromatic ring is 1. The smallest absolute Gasteiger partial charge is 0.219 e. The molecule has 0 saturated carbocycles. The largest absolute Gasteiger partial charge is 0.377 e. The number of nitrogens with two attached hydrogens (primary N) is 1. The maximum absolute atomic E-state index is 11.9. The van der Waals surface area contributed by atoms with Crippen molar-refractivity contribution in [3.05, 3.63) is 12.4 Å². The molecule has 0 radical (unpaired) electrons. The van der Waals surface area contributed by atoms with Gasteiger partial charge in [-0.1, -0.05) is 13.8 Å². The number of aromatic nitrogens is 6. The van der Waals surface area contributed by atoms with Crippen LogP contribution in [0.15, 0.2) is 12.4 Å². The number of imidazole rings is 1. The summed E-state index contributed by atoms with van der Waals surface area (Å²) in [6.07, 6.45) is 3.31. The standard InChI is InChI=1S/C24H34N10O2/c1-15(2)13-34-22-19(28-24(34)32-7-5-31(6-8-32)17(4)35)21(33-9-10-36-14-16(33)3)29-20(30-22)18-11-26-23(25)27-12-18/h11-12,15-16H,5-10,13-14H2,1-4H3,(H2,25,26,27)/t16-/m0/s1. The highest BCUT2D eigenvalue weighted by Gasteiger charge is 2.30. The van der Waals surface area contributed by atoms with Crippen LogP contribution in [0.1, 0.15) is 27.7 Å². The zero-order valence-electron chi connectivity index (χ0n) is 21.4. The highest BCUT2D eigenvalue weighted by molar-refractivity contribution is 5.88. The number of rotatable bonds is 5. The predicted molar refractivity (Wildman–Crippen MR) is 138 cm³/mol. The first kappa shape index (κ1) is 24.2. The molecule has 3 aromatic heterocycles. The Bertz CT molecular complexity index is 1230. The Hall–Kier alpha value is -3.54. The lowest BCUT2D eigenvalue weighted by Crippen LogP contribution is -2.48. The summed E-state index contributed by atoms with van der Waals surface area (Å²) in [5, 5.41) is 0. The first-order chi connectivity index (χ1) is 17.3. The van der Waals surface area contributed by atoms with Crippen LogP contribution < -0.4 is 15.5 Å². The molecule has 2 saturated heterocycles. The molecule has 0 unspecified atom stereocenters. The Labute approximate surface area is 210 Å². The third-order valence-corrected chi connectivity index (χ3v) is 6.68. The predicted octanol–water partition coefficient (Wildman–Crippen LogP) is 1.42. The Morgan fingerprint density at radius 3 is 2.47 bits per heavy atom. The topological polar surface area (TPSA) is 131 Å². The third kappa shape index (κ3) is 4.64. The first-order valence-electron chi connectivity index (χ1n) is 12.5. The van der Waals surface area contributed by atoms with Gasteiger partial charge in [-0.2, -0.15) is 0 Å². The van der Waals surface area contributed by atoms with Gasteiger partial charge in [0.15, 0.2) is 22.8 Å². The van der Waals surface area contributed by atoms with Crippen LogP contribution in [0.25, 0.3) is 22.6 Å². The first-order valence-corrected chi connectivity index (χ1v) is 12.5. The molecule has 2 N–H and O–H groups in total. The van der Waals surface area contributed by atoms with E-state index in [1.807, 2.05) is 4.90 Å². The summed E-state index contributed by atoms with van der Waals surface area (Å²) in [4.78, 5) is 41.7. The van der Waals surface area contributed by atoms with Gasteiger partial charge in [0.2, 0.25) is 17.8 Å². The van der Waals surface area contributed by atoms with Crippen molar-refractivity contribution >= 4 is 34.8 Å². The number of carbonyl (C=O) groups excluding carboxylic acids is 1. The van der Waals surface area contributed by atoms with Crippen molar-refractivity contribution < 1.29 is 9.53 Å². The average molecular weight is 495 g/mol. The number of amides is 1. The molecular weight excluding hydrogens is 460 g/mol. The van der Waals surface area contributed by atoms with Crippen LogP contribution >= 0.6 is 0 Å². The maximum atomic E-state index is 11.9. The molecule has 0 aliphatic carbocycles. The van der Waals surface area contributed by atoms with E-state index in [0.717, 1.165) is 42.6 Å². The quantitative estimate of drug-likeness (QED) is 0.555. The fourth-order valence-electron chi connectivity index (χ4n) is 4.80. The summed E-state index contributed by atoms with van der Waals surface area (Å²) in [7, 11) is 0. The number of carbonyl (C=O) groups is 1. The number of piperazine rings is 1. The number of morpholine rings is 1. The average Bonchev–Trinajstić information content (AvgIpc) is 3.22. The summed E-state index contributed by atoms with van der Waals surface area (Å²) in [6, 6.07) is 0.144. The number of hydrogen-bond donors (Lipinski definition) is 1. The fourth-order valence-corrected chi connectivity index (χ4v) is 4.80. The summed E-state index contributed by atoms with van der Waals surface area (Å²) < 4.78 is 7.89. The second-order valence-corrected chi connectivity index (χ2v) is 9.90. The SMILES string of the molecule is CC(=O)N1CCN(c2nc3c(N4CCOC[C@@H]4C)nc(-c4cnc(N)nc4)nc3n2CC(C)C)CC1. The summed E-state index contributed by atoms with van der Waals surface area (Å²) in [5.41, 5.74) is 7.97. The van der Waals surface area contributed by atoms with Crippen molar-refractivity contribution in [3.8, 4) is 11.4 Å². The molecule has 0 bridgehead atoms. The van der Waals surface area contributed by atoms with Gasteiger partial charge < -0.3 is 25.2 Å². The molecule has 12 nitrogen and oxygen atoms in total. The zero-order chi connectivity index (χ0) is 25.4. The van der Waals surface area contributed by atoms with E-state index in [2.05, 4.69) is 45.1 Å². The number of hydrogen-bond acceptors (Lipinski definition) is 10. The monoisotopic (exact) mass is 494 g/mol. The van der Waals surface area contributed by atoms with E-state index < -0.39 is 0 Å². The molecule has 0 aromatic carbocycles. The van der Waals surface area contributed by atoms with Crippen LogP contribution in [0.2, 0.25) is 0 Å². The van der Waals surface area contributed by atoms with Crippen molar-refractivity contribution in [2.45, 2.75) is 40.3 Å². The van der Waals surface area contributed by atoms with Crippen LogP contribution in [0.4, 0.5) is 17.7 Å². The molecule has 12 heteroatoms. The van der Waals surface area contributed by atoms with Gasteiger partial charge in [-0.05, 0) is 12.8 Å². The molecule has 5 heterocycles. The van der Waals surface area contributed by atoms with Gasteiger partial charge >= 0.3 is 0 Å². The van der Waals surface area contributed by atoms with Crippen LogP contribution in [0, 0.1) is 5.92 Å². The molecule has 2 aliphatic heterocycles. The normalized spacial score (nSPS) is 18.9. The Morgan fingerprint density at radius 1 is 1.11 bits per heavy atom. The van der Waals surface area contributed by atoms with Crippen LogP contribution in [0.3, 0.4) is 0 Å². The summed E-state index contributed by atoms with van der Waals surface area (Å²) in [6.45, 7) is 13.6. The Morgan fingerprint density at radius 2 is 1.83 bits per heavy atom. The van der Waals surface area contributed by atoms with Gasteiger partial charge in [0.25, 0.3) is 0 Å². The Kier molecular flexibility index (Phi) is 6.61. The van der Waals surface area contributed by atoms with Crippen molar-refractivity contribution in [1.82, 2.24) is 34.4 Å². The van der Waals surface area contributed by atoms with Crippen molar-refractivity contribution in [2.75, 3.05) is 61.5 Å². The number of ether oxygens (including phenoxy) is 1. The van der Waals surface area contributed by atoms with Gasteiger partial charge in [-0.25, -0.2) is 24.9 Å². The lowest BCUT2D eigenvalue weighted by molar-refractivity contribution is -0.129. The summed E-state index contributed by atoms with van der Waals surface area (Å²) >= 11 is 0. The van der Waals surface area contributed by atoms with Gasteiger partial charge in [-0.3, -0.25) is 9.36 Å². The highest BCUT2D eigenvalue weighted by Crippen LogP contribution is 2.33. The molecule has 2 aliphatic rings. The number of nitrogens with zero attached hydrogens (tertiary/aromatic N) is 9. The van der Waals surface area contributed by atoms with Gasteiger partial charge in [0.05, 0.1) is 24.8 Å². The van der Waals surface area contributed by atoms with Crippen LogP contribution in [0.5, 0.6) is 0 Å². The van der Waals surface area contributed by atoms with Crippen molar-refractivity contribution in [2.24, 2.45) is 5.92 Å². The second-order valence-electron chi connectivity index (χ2n) is 9.90. The molecule has 0 spiro atoms. The molecular formula is C24H34N10O2. The van der Waals surface area contributed by atoms with Gasteiger partial charge in [0.1, 0.15) is 0 Å². The van der Waals surface area contributed by atoms with E-state index in [4.69, 9.17) is 25.4 Å². The van der Waals surface area contributed by atoms with E-state index >= 15 is 0 Å². The fraction of sp³-hybridized carbons (Fsp3) is 0.583. The molecule has 1 atom stereocenters. The van der Waals surface area contributed by atoms with Gasteiger partial charge in [0, 0.05) is 58.6 Å². The van der Waals surface area contributed by atoms with Gasteiger partial charge in [-0.15, -0.1) is 0 Å². The number of fused-ring (bicyclic) bond motifs is 1. The van der Waals surface area contributed by atoms with Crippen molar-refractivity contribution in [3.63, 3.8) is 0 Å².